The maximum Gasteiger partial charge on any atom is 0.586 e. The molecule has 106 valence electrons. The molecule has 1 aliphatic rings. The van der Waals surface area contributed by atoms with E-state index in [4.69, 9.17) is 5.26 Å². The number of rotatable bonds is 4. The summed E-state index contributed by atoms with van der Waals surface area (Å²) in [5, 5.41) is 18.2. The Kier molecular flexibility index (Phi) is 3.26. The molecule has 0 bridgehead atoms. The highest BCUT2D eigenvalue weighted by molar-refractivity contribution is 5.82. The number of ether oxygens (including phenoxy) is 2. The lowest BCUT2D eigenvalue weighted by atomic mass is 9.75. The van der Waals surface area contributed by atoms with Crippen molar-refractivity contribution >= 4 is 5.97 Å². The van der Waals surface area contributed by atoms with E-state index in [9.17, 15) is 18.7 Å². The van der Waals surface area contributed by atoms with Crippen molar-refractivity contribution in [2.24, 2.45) is 0 Å². The molecule has 1 aliphatic heterocycles. The molecule has 5 nitrogen and oxygen atoms in total. The average molecular weight is 283 g/mol. The molecule has 1 atom stereocenters. The lowest BCUT2D eigenvalue weighted by Crippen LogP contribution is -2.34. The maximum absolute atomic E-state index is 12.9. The largest absolute Gasteiger partial charge is 0.586 e. The minimum atomic E-state index is -3.76. The van der Waals surface area contributed by atoms with Crippen LogP contribution in [0.25, 0.3) is 0 Å². The molecule has 1 heterocycles. The number of carboxylic acid groups (broad SMARTS) is 1. The van der Waals surface area contributed by atoms with Crippen LogP contribution in [0.5, 0.6) is 11.5 Å². The molecule has 20 heavy (non-hydrogen) atoms. The van der Waals surface area contributed by atoms with Crippen LogP contribution in [0.1, 0.15) is 25.3 Å². The van der Waals surface area contributed by atoms with Gasteiger partial charge >= 0.3 is 12.3 Å². The molecule has 1 aromatic rings. The predicted molar refractivity (Wildman–Crippen MR) is 62.5 cm³/mol. The number of aliphatic carboxylic acids is 1. The molecule has 0 saturated heterocycles. The third kappa shape index (κ3) is 2.13. The molecule has 2 rings (SSSR count). The van der Waals surface area contributed by atoms with Crippen LogP contribution in [0.2, 0.25) is 0 Å². The highest BCUT2D eigenvalue weighted by Gasteiger charge is 2.45. The van der Waals surface area contributed by atoms with Gasteiger partial charge in [-0.3, -0.25) is 4.79 Å². The minimum Gasteiger partial charge on any atom is -0.481 e. The monoisotopic (exact) mass is 283 g/mol. The molecule has 7 heteroatoms. The highest BCUT2D eigenvalue weighted by Crippen LogP contribution is 2.44. The zero-order chi connectivity index (χ0) is 15.0. The number of hydrogen-bond donors (Lipinski definition) is 1. The van der Waals surface area contributed by atoms with Gasteiger partial charge in [0.15, 0.2) is 11.5 Å². The number of alkyl halides is 2. The summed E-state index contributed by atoms with van der Waals surface area (Å²) in [6.45, 7) is 1.62. The van der Waals surface area contributed by atoms with Gasteiger partial charge in [0, 0.05) is 0 Å². The van der Waals surface area contributed by atoms with Crippen LogP contribution in [-0.4, -0.2) is 17.4 Å². The van der Waals surface area contributed by atoms with Gasteiger partial charge in [0.2, 0.25) is 0 Å². The first kappa shape index (κ1) is 14.1. The van der Waals surface area contributed by atoms with E-state index in [2.05, 4.69) is 9.47 Å². The Morgan fingerprint density at radius 1 is 1.45 bits per heavy atom. The molecule has 0 aliphatic carbocycles. The highest BCUT2D eigenvalue weighted by atomic mass is 19.3. The molecule has 0 radical (unpaired) electrons. The number of carboxylic acids is 1. The van der Waals surface area contributed by atoms with Gasteiger partial charge in [-0.05, 0) is 24.1 Å². The van der Waals surface area contributed by atoms with Crippen LogP contribution in [0, 0.1) is 11.3 Å². The second kappa shape index (κ2) is 4.63. The predicted octanol–water partition coefficient (Wildman–Crippen LogP) is 2.65. The van der Waals surface area contributed by atoms with Crippen molar-refractivity contribution in [1.82, 2.24) is 0 Å². The second-order valence-electron chi connectivity index (χ2n) is 4.40. The lowest BCUT2D eigenvalue weighted by molar-refractivity contribution is -0.286. The zero-order valence-electron chi connectivity index (χ0n) is 10.5. The van der Waals surface area contributed by atoms with Crippen LogP contribution in [-0.2, 0) is 10.2 Å². The van der Waals surface area contributed by atoms with Gasteiger partial charge in [-0.25, -0.2) is 0 Å². The molecule has 1 N–H and O–H groups in total. The quantitative estimate of drug-likeness (QED) is 0.918. The molecule has 0 spiro atoms. The fourth-order valence-electron chi connectivity index (χ4n) is 2.16. The molecule has 0 fully saturated rings. The standard InChI is InChI=1S/C13H11F2NO4/c1-2-12(5-6-16,11(17)18)8-3-4-9-10(7-8)20-13(14,15)19-9/h3-4,7H,2,5H2,1H3,(H,17,18). The number of nitriles is 1. The third-order valence-corrected chi connectivity index (χ3v) is 3.35. The van der Waals surface area contributed by atoms with Gasteiger partial charge in [-0.1, -0.05) is 13.0 Å². The number of carbonyl (C=O) groups is 1. The number of halogens is 2. The first-order valence-corrected chi connectivity index (χ1v) is 5.85. The van der Waals surface area contributed by atoms with Crippen LogP contribution in [0.3, 0.4) is 0 Å². The smallest absolute Gasteiger partial charge is 0.481 e. The summed E-state index contributed by atoms with van der Waals surface area (Å²) in [5.74, 6) is -1.58. The van der Waals surface area contributed by atoms with Gasteiger partial charge in [0.1, 0.15) is 5.41 Å². The van der Waals surface area contributed by atoms with E-state index in [0.29, 0.717) is 0 Å². The summed E-state index contributed by atoms with van der Waals surface area (Å²) in [6.07, 6.45) is -3.88. The lowest BCUT2D eigenvalue weighted by Gasteiger charge is -2.26. The van der Waals surface area contributed by atoms with Gasteiger partial charge < -0.3 is 14.6 Å². The Bertz CT molecular complexity index is 597. The molecule has 1 aromatic carbocycles. The van der Waals surface area contributed by atoms with Crippen LogP contribution in [0.4, 0.5) is 8.78 Å². The van der Waals surface area contributed by atoms with E-state index in [0.717, 1.165) is 0 Å². The third-order valence-electron chi connectivity index (χ3n) is 3.35. The van der Waals surface area contributed by atoms with E-state index < -0.39 is 17.7 Å². The molecule has 0 saturated carbocycles. The van der Waals surface area contributed by atoms with E-state index >= 15 is 0 Å². The fraction of sp³-hybridized carbons (Fsp3) is 0.385. The molecule has 0 aromatic heterocycles. The summed E-state index contributed by atoms with van der Waals surface area (Å²) in [6, 6.07) is 5.59. The van der Waals surface area contributed by atoms with E-state index in [1.54, 1.807) is 6.92 Å². The number of hydrogen-bond acceptors (Lipinski definition) is 4. The number of fused-ring (bicyclic) bond motifs is 1. The number of nitrogens with zero attached hydrogens (tertiary/aromatic N) is 1. The van der Waals surface area contributed by atoms with Crippen molar-refractivity contribution in [1.29, 1.82) is 5.26 Å². The van der Waals surface area contributed by atoms with Gasteiger partial charge in [-0.15, -0.1) is 8.78 Å². The van der Waals surface area contributed by atoms with Gasteiger partial charge in [0.05, 0.1) is 12.5 Å². The maximum atomic E-state index is 12.9. The molecular weight excluding hydrogens is 272 g/mol. The summed E-state index contributed by atoms with van der Waals surface area (Å²) in [7, 11) is 0. The van der Waals surface area contributed by atoms with Crippen molar-refractivity contribution in [3.63, 3.8) is 0 Å². The van der Waals surface area contributed by atoms with Crippen molar-refractivity contribution in [3.8, 4) is 17.6 Å². The Morgan fingerprint density at radius 2 is 2.10 bits per heavy atom. The minimum absolute atomic E-state index is 0.145. The molecular formula is C13H11F2NO4. The summed E-state index contributed by atoms with van der Waals surface area (Å²) < 4.78 is 34.4. The fourth-order valence-corrected chi connectivity index (χ4v) is 2.16. The number of benzene rings is 1. The van der Waals surface area contributed by atoms with Gasteiger partial charge in [-0.2, -0.15) is 5.26 Å². The summed E-state index contributed by atoms with van der Waals surface area (Å²) in [4.78, 5) is 11.5. The Labute approximate surface area is 113 Å². The second-order valence-corrected chi connectivity index (χ2v) is 4.40. The first-order chi connectivity index (χ1) is 9.34. The average Bonchev–Trinajstić information content (AvgIpc) is 2.68. The van der Waals surface area contributed by atoms with Crippen LogP contribution in [0.15, 0.2) is 18.2 Å². The Morgan fingerprint density at radius 3 is 2.65 bits per heavy atom. The van der Waals surface area contributed by atoms with Crippen molar-refractivity contribution in [3.05, 3.63) is 23.8 Å². The summed E-state index contributed by atoms with van der Waals surface area (Å²) in [5.41, 5.74) is -1.22. The molecule has 0 amide bonds. The van der Waals surface area contributed by atoms with Crippen LogP contribution >= 0.6 is 0 Å². The summed E-state index contributed by atoms with van der Waals surface area (Å²) >= 11 is 0. The molecule has 1 unspecified atom stereocenters. The van der Waals surface area contributed by atoms with Crippen molar-refractivity contribution in [2.75, 3.05) is 0 Å². The first-order valence-electron chi connectivity index (χ1n) is 5.85. The van der Waals surface area contributed by atoms with Crippen molar-refractivity contribution < 1.29 is 28.2 Å². The van der Waals surface area contributed by atoms with E-state index in [-0.39, 0.29) is 29.9 Å². The van der Waals surface area contributed by atoms with E-state index in [1.807, 2.05) is 6.07 Å². The Hall–Kier alpha value is -2.36. The van der Waals surface area contributed by atoms with E-state index in [1.165, 1.54) is 18.2 Å². The normalized spacial score (nSPS) is 18.1. The van der Waals surface area contributed by atoms with Crippen LogP contribution < -0.4 is 9.47 Å². The van der Waals surface area contributed by atoms with Crippen molar-refractivity contribution in [2.45, 2.75) is 31.5 Å². The zero-order valence-corrected chi connectivity index (χ0v) is 10.5. The topological polar surface area (TPSA) is 79.6 Å². The SMILES string of the molecule is CCC(CC#N)(C(=O)O)c1ccc2c(c1)OC(F)(F)O2. The Balaban J connectivity index is 2.48. The van der Waals surface area contributed by atoms with Gasteiger partial charge in [0.25, 0.3) is 0 Å².